The van der Waals surface area contributed by atoms with E-state index >= 15 is 0 Å². The zero-order chi connectivity index (χ0) is 23.7. The van der Waals surface area contributed by atoms with Crippen molar-refractivity contribution in [3.05, 3.63) is 70.8 Å². The first-order valence-corrected chi connectivity index (χ1v) is 11.1. The molecule has 0 radical (unpaired) electrons. The van der Waals surface area contributed by atoms with Gasteiger partial charge in [-0.15, -0.1) is 0 Å². The lowest BCUT2D eigenvalue weighted by atomic mass is 9.94. The van der Waals surface area contributed by atoms with Crippen LogP contribution in [-0.2, 0) is 12.8 Å². The zero-order valence-corrected chi connectivity index (χ0v) is 19.9. The smallest absolute Gasteiger partial charge is 0.193 e. The fourth-order valence-electron chi connectivity index (χ4n) is 2.99. The first kappa shape index (κ1) is 26.7. The summed E-state index contributed by atoms with van der Waals surface area (Å²) in [5, 5.41) is 19.6. The summed E-state index contributed by atoms with van der Waals surface area (Å²) < 4.78 is 0. The first-order valence-electron chi connectivity index (χ1n) is 11.1. The topological polar surface area (TPSA) is 74.6 Å². The minimum atomic E-state index is -1.37. The monoisotopic (exact) mass is 426 g/mol. The van der Waals surface area contributed by atoms with Gasteiger partial charge in [0.05, 0.1) is 0 Å². The molecular formula is C27H38O4. The molecule has 0 aromatic heterocycles. The van der Waals surface area contributed by atoms with Gasteiger partial charge in [-0.25, -0.2) is 0 Å². The molecule has 0 aliphatic rings. The van der Waals surface area contributed by atoms with E-state index in [2.05, 4.69) is 13.8 Å². The number of carbonyl (C=O) groups is 2. The van der Waals surface area contributed by atoms with Crippen molar-refractivity contribution in [2.75, 3.05) is 0 Å². The third-order valence-electron chi connectivity index (χ3n) is 4.95. The number of rotatable bonds is 9. The second kappa shape index (κ2) is 11.9. The van der Waals surface area contributed by atoms with Crippen molar-refractivity contribution in [3.8, 4) is 0 Å². The highest BCUT2D eigenvalue weighted by atomic mass is 16.3. The molecule has 0 saturated carbocycles. The summed E-state index contributed by atoms with van der Waals surface area (Å²) >= 11 is 0. The average molecular weight is 427 g/mol. The standard InChI is InChI=1S/C22H26O4.C5H12/c1-21(2,25)19(23)17-11-7-15(8-12-17)5-6-16-9-13-18(14-10-16)20(24)22(3,4)26;1-3-5-4-2/h7-14,25-26H,5-6H2,1-4H3;3-5H2,1-2H3. The van der Waals surface area contributed by atoms with Crippen LogP contribution in [0.1, 0.15) is 92.6 Å². The Morgan fingerprint density at radius 3 is 1.13 bits per heavy atom. The van der Waals surface area contributed by atoms with E-state index < -0.39 is 11.2 Å². The second-order valence-corrected chi connectivity index (χ2v) is 9.02. The Labute approximate surface area is 187 Å². The summed E-state index contributed by atoms with van der Waals surface area (Å²) in [6, 6.07) is 14.5. The highest BCUT2D eigenvalue weighted by Gasteiger charge is 2.25. The number of ketones is 2. The number of benzene rings is 2. The summed E-state index contributed by atoms with van der Waals surface area (Å²) in [6.07, 6.45) is 5.68. The molecule has 0 saturated heterocycles. The maximum Gasteiger partial charge on any atom is 0.193 e. The molecule has 0 aliphatic carbocycles. The lowest BCUT2D eigenvalue weighted by Crippen LogP contribution is -2.31. The minimum Gasteiger partial charge on any atom is -0.382 e. The van der Waals surface area contributed by atoms with Crippen LogP contribution in [0.15, 0.2) is 48.5 Å². The van der Waals surface area contributed by atoms with Gasteiger partial charge >= 0.3 is 0 Å². The van der Waals surface area contributed by atoms with Gasteiger partial charge in [0.15, 0.2) is 11.6 Å². The van der Waals surface area contributed by atoms with Crippen LogP contribution in [-0.4, -0.2) is 33.0 Å². The van der Waals surface area contributed by atoms with Crippen LogP contribution in [0.3, 0.4) is 0 Å². The molecule has 31 heavy (non-hydrogen) atoms. The normalized spacial score (nSPS) is 11.5. The van der Waals surface area contributed by atoms with E-state index in [1.165, 1.54) is 47.0 Å². The van der Waals surface area contributed by atoms with Crippen LogP contribution in [0.5, 0.6) is 0 Å². The van der Waals surface area contributed by atoms with E-state index in [1.807, 2.05) is 24.3 Å². The number of Topliss-reactive ketones (excluding diaryl/α,β-unsaturated/α-hetero) is 2. The van der Waals surface area contributed by atoms with Crippen molar-refractivity contribution in [3.63, 3.8) is 0 Å². The van der Waals surface area contributed by atoms with Crippen LogP contribution in [0.25, 0.3) is 0 Å². The van der Waals surface area contributed by atoms with Gasteiger partial charge < -0.3 is 10.2 Å². The Bertz CT molecular complexity index is 748. The predicted octanol–water partition coefficient (Wildman–Crippen LogP) is 5.58. The number of aryl methyl sites for hydroxylation is 2. The van der Waals surface area contributed by atoms with Gasteiger partial charge in [-0.2, -0.15) is 0 Å². The molecule has 4 nitrogen and oxygen atoms in total. The fourth-order valence-corrected chi connectivity index (χ4v) is 2.99. The number of aliphatic hydroxyl groups is 2. The van der Waals surface area contributed by atoms with Gasteiger partial charge in [0, 0.05) is 11.1 Å². The van der Waals surface area contributed by atoms with Gasteiger partial charge in [0.25, 0.3) is 0 Å². The molecule has 2 aromatic carbocycles. The predicted molar refractivity (Wildman–Crippen MR) is 127 cm³/mol. The van der Waals surface area contributed by atoms with Crippen molar-refractivity contribution >= 4 is 11.6 Å². The average Bonchev–Trinajstić information content (AvgIpc) is 2.71. The van der Waals surface area contributed by atoms with Crippen LogP contribution in [0.4, 0.5) is 0 Å². The molecule has 0 bridgehead atoms. The first-order chi connectivity index (χ1) is 14.4. The molecule has 0 fully saturated rings. The molecule has 4 heteroatoms. The quantitative estimate of drug-likeness (QED) is 0.514. The summed E-state index contributed by atoms with van der Waals surface area (Å²) in [4.78, 5) is 24.0. The van der Waals surface area contributed by atoms with Crippen molar-refractivity contribution in [2.24, 2.45) is 0 Å². The highest BCUT2D eigenvalue weighted by Crippen LogP contribution is 2.17. The number of carbonyl (C=O) groups excluding carboxylic acids is 2. The Morgan fingerprint density at radius 1 is 0.645 bits per heavy atom. The molecule has 170 valence electrons. The van der Waals surface area contributed by atoms with Gasteiger partial charge in [-0.05, 0) is 51.7 Å². The van der Waals surface area contributed by atoms with E-state index in [-0.39, 0.29) is 11.6 Å². The zero-order valence-electron chi connectivity index (χ0n) is 19.9. The van der Waals surface area contributed by atoms with Crippen LogP contribution in [0, 0.1) is 0 Å². The third-order valence-corrected chi connectivity index (χ3v) is 4.95. The van der Waals surface area contributed by atoms with Gasteiger partial charge in [0.2, 0.25) is 0 Å². The summed E-state index contributed by atoms with van der Waals surface area (Å²) in [7, 11) is 0. The largest absolute Gasteiger partial charge is 0.382 e. The van der Waals surface area contributed by atoms with E-state index in [0.717, 1.165) is 24.0 Å². The van der Waals surface area contributed by atoms with Gasteiger partial charge in [-0.3, -0.25) is 9.59 Å². The Morgan fingerprint density at radius 2 is 0.935 bits per heavy atom. The maximum atomic E-state index is 12.0. The van der Waals surface area contributed by atoms with Gasteiger partial charge in [-0.1, -0.05) is 81.6 Å². The highest BCUT2D eigenvalue weighted by molar-refractivity contribution is 6.02. The minimum absolute atomic E-state index is 0.295. The third kappa shape index (κ3) is 9.16. The van der Waals surface area contributed by atoms with Crippen LogP contribution in [0.2, 0.25) is 0 Å². The fraction of sp³-hybridized carbons (Fsp3) is 0.481. The molecule has 0 heterocycles. The lowest BCUT2D eigenvalue weighted by Gasteiger charge is -2.16. The summed E-state index contributed by atoms with van der Waals surface area (Å²) in [5.41, 5.74) is 0.433. The molecule has 0 atom stereocenters. The van der Waals surface area contributed by atoms with Crippen LogP contribution >= 0.6 is 0 Å². The molecule has 2 rings (SSSR count). The van der Waals surface area contributed by atoms with Crippen molar-refractivity contribution in [1.82, 2.24) is 0 Å². The summed E-state index contributed by atoms with van der Waals surface area (Å²) in [6.45, 7) is 10.4. The van der Waals surface area contributed by atoms with Crippen molar-refractivity contribution in [1.29, 1.82) is 0 Å². The van der Waals surface area contributed by atoms with Gasteiger partial charge in [0.1, 0.15) is 11.2 Å². The molecule has 0 amide bonds. The Balaban J connectivity index is 0.000000861. The van der Waals surface area contributed by atoms with E-state index in [1.54, 1.807) is 24.3 Å². The van der Waals surface area contributed by atoms with Crippen molar-refractivity contribution < 1.29 is 19.8 Å². The number of hydrogen-bond donors (Lipinski definition) is 2. The number of unbranched alkanes of at least 4 members (excludes halogenated alkanes) is 2. The SMILES string of the molecule is CC(C)(O)C(=O)c1ccc(CCc2ccc(C(=O)C(C)(C)O)cc2)cc1.CCCCC. The van der Waals surface area contributed by atoms with Crippen molar-refractivity contribution in [2.45, 2.75) is 84.8 Å². The van der Waals surface area contributed by atoms with E-state index in [0.29, 0.717) is 11.1 Å². The number of hydrogen-bond acceptors (Lipinski definition) is 4. The molecule has 0 aliphatic heterocycles. The van der Waals surface area contributed by atoms with E-state index in [9.17, 15) is 19.8 Å². The second-order valence-electron chi connectivity index (χ2n) is 9.02. The Kier molecular flexibility index (Phi) is 10.3. The molecule has 0 spiro atoms. The van der Waals surface area contributed by atoms with Crippen LogP contribution < -0.4 is 0 Å². The summed E-state index contributed by atoms with van der Waals surface area (Å²) in [5.74, 6) is -0.591. The maximum absolute atomic E-state index is 12.0. The molecule has 0 unspecified atom stereocenters. The Hall–Kier alpha value is -2.30. The lowest BCUT2D eigenvalue weighted by molar-refractivity contribution is 0.0487. The molecular weight excluding hydrogens is 388 g/mol. The van der Waals surface area contributed by atoms with E-state index in [4.69, 9.17) is 0 Å². The molecule has 2 N–H and O–H groups in total. The molecule has 2 aromatic rings.